The Bertz CT molecular complexity index is 1050. The van der Waals surface area contributed by atoms with Crippen LogP contribution in [0.2, 0.25) is 10.0 Å². The Labute approximate surface area is 168 Å². The molecule has 5 heteroatoms. The lowest BCUT2D eigenvalue weighted by Gasteiger charge is -2.38. The molecule has 0 saturated heterocycles. The zero-order valence-corrected chi connectivity index (χ0v) is 16.5. The van der Waals surface area contributed by atoms with Crippen LogP contribution in [-0.2, 0) is 0 Å². The summed E-state index contributed by atoms with van der Waals surface area (Å²) >= 11 is 12.6. The van der Waals surface area contributed by atoms with Gasteiger partial charge in [0, 0.05) is 27.0 Å². The second-order valence-corrected chi connectivity index (χ2v) is 7.55. The molecular weight excluding hydrogens is 379 g/mol. The van der Waals surface area contributed by atoms with Gasteiger partial charge < -0.3 is 5.32 Å². The Morgan fingerprint density at radius 3 is 2.44 bits per heavy atom. The standard InChI is InChI=1S/C22H18Cl2N2O/c1-13-7-9-16(11-14(13)2)26-21(17-10-8-15(23)12-19(17)24)25-20-6-4-3-5-18(20)22(26)27/h3-12,21,25H,1-2H3. The number of nitrogens with zero attached hydrogens (tertiary/aromatic N) is 1. The predicted molar refractivity (Wildman–Crippen MR) is 112 cm³/mol. The van der Waals surface area contributed by atoms with Crippen LogP contribution in [0, 0.1) is 13.8 Å². The molecule has 1 aliphatic rings. The van der Waals surface area contributed by atoms with E-state index in [4.69, 9.17) is 23.2 Å². The second kappa shape index (κ2) is 6.91. The summed E-state index contributed by atoms with van der Waals surface area (Å²) in [6.07, 6.45) is -0.431. The smallest absolute Gasteiger partial charge is 0.262 e. The summed E-state index contributed by atoms with van der Waals surface area (Å²) in [5, 5.41) is 4.54. The van der Waals surface area contributed by atoms with Crippen molar-refractivity contribution in [3.05, 3.63) is 93.0 Å². The number of anilines is 2. The van der Waals surface area contributed by atoms with E-state index >= 15 is 0 Å². The van der Waals surface area contributed by atoms with Crippen LogP contribution in [0.15, 0.2) is 60.7 Å². The number of carbonyl (C=O) groups excluding carboxylic acids is 1. The largest absolute Gasteiger partial charge is 0.360 e. The third-order valence-corrected chi connectivity index (χ3v) is 5.51. The maximum Gasteiger partial charge on any atom is 0.262 e. The molecule has 0 radical (unpaired) electrons. The summed E-state index contributed by atoms with van der Waals surface area (Å²) in [6, 6.07) is 18.9. The number of benzene rings is 3. The molecule has 0 aromatic heterocycles. The van der Waals surface area contributed by atoms with Crippen molar-refractivity contribution in [3.8, 4) is 0 Å². The Hall–Kier alpha value is -2.49. The second-order valence-electron chi connectivity index (χ2n) is 6.70. The molecular formula is C22H18Cl2N2O. The number of fused-ring (bicyclic) bond motifs is 1. The molecule has 0 fully saturated rings. The maximum atomic E-state index is 13.4. The molecule has 0 bridgehead atoms. The van der Waals surface area contributed by atoms with Gasteiger partial charge in [-0.2, -0.15) is 0 Å². The Morgan fingerprint density at radius 1 is 0.926 bits per heavy atom. The third-order valence-electron chi connectivity index (χ3n) is 4.95. The predicted octanol–water partition coefficient (Wildman–Crippen LogP) is 6.38. The number of hydrogen-bond acceptors (Lipinski definition) is 2. The molecule has 3 aromatic rings. The molecule has 1 atom stereocenters. The number of aryl methyl sites for hydroxylation is 2. The van der Waals surface area contributed by atoms with Crippen molar-refractivity contribution < 1.29 is 4.79 Å². The SMILES string of the molecule is Cc1ccc(N2C(=O)c3ccccc3NC2c2ccc(Cl)cc2Cl)cc1C. The van der Waals surface area contributed by atoms with Crippen molar-refractivity contribution >= 4 is 40.5 Å². The highest BCUT2D eigenvalue weighted by molar-refractivity contribution is 6.35. The summed E-state index contributed by atoms with van der Waals surface area (Å²) in [6.45, 7) is 4.09. The fraction of sp³-hybridized carbons (Fsp3) is 0.136. The van der Waals surface area contributed by atoms with Crippen LogP contribution in [0.4, 0.5) is 11.4 Å². The van der Waals surface area contributed by atoms with Crippen LogP contribution < -0.4 is 10.2 Å². The van der Waals surface area contributed by atoms with E-state index in [9.17, 15) is 4.79 Å². The molecule has 27 heavy (non-hydrogen) atoms. The topological polar surface area (TPSA) is 32.3 Å². The van der Waals surface area contributed by atoms with Crippen molar-refractivity contribution in [2.24, 2.45) is 0 Å². The highest BCUT2D eigenvalue weighted by atomic mass is 35.5. The van der Waals surface area contributed by atoms with E-state index in [1.54, 1.807) is 17.0 Å². The Morgan fingerprint density at radius 2 is 1.70 bits per heavy atom. The normalized spacial score (nSPS) is 16.1. The minimum Gasteiger partial charge on any atom is -0.360 e. The third kappa shape index (κ3) is 3.18. The summed E-state index contributed by atoms with van der Waals surface area (Å²) in [5.41, 5.74) is 5.34. The monoisotopic (exact) mass is 396 g/mol. The molecule has 3 aromatic carbocycles. The van der Waals surface area contributed by atoms with Gasteiger partial charge in [-0.15, -0.1) is 0 Å². The number of rotatable bonds is 2. The number of para-hydroxylation sites is 1. The maximum absolute atomic E-state index is 13.4. The van der Waals surface area contributed by atoms with Crippen molar-refractivity contribution in [1.29, 1.82) is 0 Å². The van der Waals surface area contributed by atoms with E-state index in [1.807, 2.05) is 55.5 Å². The molecule has 1 aliphatic heterocycles. The van der Waals surface area contributed by atoms with Crippen molar-refractivity contribution in [2.75, 3.05) is 10.2 Å². The molecule has 1 N–H and O–H groups in total. The molecule has 1 unspecified atom stereocenters. The van der Waals surface area contributed by atoms with Gasteiger partial charge in [-0.3, -0.25) is 9.69 Å². The van der Waals surface area contributed by atoms with E-state index in [-0.39, 0.29) is 5.91 Å². The zero-order valence-electron chi connectivity index (χ0n) is 15.0. The van der Waals surface area contributed by atoms with Crippen LogP contribution >= 0.6 is 23.2 Å². The van der Waals surface area contributed by atoms with Crippen molar-refractivity contribution in [1.82, 2.24) is 0 Å². The zero-order chi connectivity index (χ0) is 19.1. The van der Waals surface area contributed by atoms with Gasteiger partial charge in [0.05, 0.1) is 5.56 Å². The van der Waals surface area contributed by atoms with Gasteiger partial charge in [0.15, 0.2) is 0 Å². The summed E-state index contributed by atoms with van der Waals surface area (Å²) in [5.74, 6) is -0.0661. The molecule has 0 saturated carbocycles. The highest BCUT2D eigenvalue weighted by Crippen LogP contribution is 2.39. The first kappa shape index (κ1) is 17.9. The van der Waals surface area contributed by atoms with Gasteiger partial charge in [-0.25, -0.2) is 0 Å². The van der Waals surface area contributed by atoms with Crippen LogP contribution in [0.5, 0.6) is 0 Å². The molecule has 3 nitrogen and oxygen atoms in total. The average Bonchev–Trinajstić information content (AvgIpc) is 2.64. The summed E-state index contributed by atoms with van der Waals surface area (Å²) in [4.78, 5) is 15.1. The molecule has 1 amide bonds. The minimum absolute atomic E-state index is 0.0661. The number of nitrogens with one attached hydrogen (secondary N) is 1. The lowest BCUT2D eigenvalue weighted by Crippen LogP contribution is -2.43. The van der Waals surface area contributed by atoms with Gasteiger partial charge >= 0.3 is 0 Å². The lowest BCUT2D eigenvalue weighted by atomic mass is 10.0. The van der Waals surface area contributed by atoms with Gasteiger partial charge in [0.25, 0.3) is 5.91 Å². The molecule has 0 aliphatic carbocycles. The van der Waals surface area contributed by atoms with Crippen LogP contribution in [-0.4, -0.2) is 5.91 Å². The first-order chi connectivity index (χ1) is 13.0. The van der Waals surface area contributed by atoms with E-state index in [1.165, 1.54) is 5.56 Å². The number of halogens is 2. The van der Waals surface area contributed by atoms with Crippen molar-refractivity contribution in [3.63, 3.8) is 0 Å². The fourth-order valence-electron chi connectivity index (χ4n) is 3.34. The first-order valence-electron chi connectivity index (χ1n) is 8.67. The molecule has 4 rings (SSSR count). The highest BCUT2D eigenvalue weighted by Gasteiger charge is 2.35. The van der Waals surface area contributed by atoms with E-state index in [0.717, 1.165) is 22.5 Å². The van der Waals surface area contributed by atoms with E-state index in [0.29, 0.717) is 15.6 Å². The number of hydrogen-bond donors (Lipinski definition) is 1. The minimum atomic E-state index is -0.431. The van der Waals surface area contributed by atoms with E-state index < -0.39 is 6.17 Å². The quantitative estimate of drug-likeness (QED) is 0.544. The van der Waals surface area contributed by atoms with Crippen LogP contribution in [0.3, 0.4) is 0 Å². The van der Waals surface area contributed by atoms with Gasteiger partial charge in [-0.05, 0) is 61.4 Å². The van der Waals surface area contributed by atoms with Crippen LogP contribution in [0.1, 0.15) is 33.2 Å². The van der Waals surface area contributed by atoms with Gasteiger partial charge in [0.2, 0.25) is 0 Å². The first-order valence-corrected chi connectivity index (χ1v) is 9.42. The van der Waals surface area contributed by atoms with Gasteiger partial charge in [0.1, 0.15) is 6.17 Å². The number of carbonyl (C=O) groups is 1. The van der Waals surface area contributed by atoms with Crippen LogP contribution in [0.25, 0.3) is 0 Å². The van der Waals surface area contributed by atoms with Crippen molar-refractivity contribution in [2.45, 2.75) is 20.0 Å². The Balaban J connectivity index is 1.90. The van der Waals surface area contributed by atoms with Gasteiger partial charge in [-0.1, -0.05) is 47.5 Å². The molecule has 136 valence electrons. The molecule has 1 heterocycles. The lowest BCUT2D eigenvalue weighted by molar-refractivity contribution is 0.0975. The summed E-state index contributed by atoms with van der Waals surface area (Å²) < 4.78 is 0. The summed E-state index contributed by atoms with van der Waals surface area (Å²) in [7, 11) is 0. The molecule has 0 spiro atoms. The fourth-order valence-corrected chi connectivity index (χ4v) is 3.85. The Kier molecular flexibility index (Phi) is 4.58. The average molecular weight is 397 g/mol. The van der Waals surface area contributed by atoms with E-state index in [2.05, 4.69) is 12.2 Å². The number of amides is 1.